The van der Waals surface area contributed by atoms with Crippen molar-refractivity contribution in [1.29, 1.82) is 0 Å². The molecule has 0 aromatic carbocycles. The Morgan fingerprint density at radius 2 is 1.09 bits per heavy atom. The fraction of sp³-hybridized carbons (Fsp3) is 0.629. The van der Waals surface area contributed by atoms with E-state index >= 15 is 0 Å². The van der Waals surface area contributed by atoms with Gasteiger partial charge in [0.15, 0.2) is 22.6 Å². The highest BCUT2D eigenvalue weighted by atomic mass is 79.9. The standard InChI is InChI=1S/C15H21BrN4O3.C10H13BrN4O.C10H18O5/c1-6-9(7-2)19-12-11(17-8-10(16)18-12)20(13(19)21)14(22)23-15(3,4)5;1-3-6(4-2)15-9-8(14-10(15)16)12-5-7(11)13-9;1-9(2,3)14-7(11)13-8(12)15-10(4,5)6/h8-9H,6-7H2,1-5H3;5-6H,3-4H2,1-2H3,(H,12,14,16);1-6H3. The number of hydrogen-bond acceptors (Lipinski definition) is 13. The number of carbonyl (C=O) groups excluding carboxylic acids is 3. The van der Waals surface area contributed by atoms with Gasteiger partial charge in [-0.25, -0.2) is 43.9 Å². The van der Waals surface area contributed by atoms with E-state index in [0.29, 0.717) is 26.1 Å². The van der Waals surface area contributed by atoms with E-state index in [1.54, 1.807) is 73.1 Å². The van der Waals surface area contributed by atoms with Crippen LogP contribution in [-0.2, 0) is 18.9 Å². The maximum atomic E-state index is 12.8. The Hall–Kier alpha value is -4.13. The van der Waals surface area contributed by atoms with Crippen LogP contribution in [-0.4, -0.2) is 73.8 Å². The fourth-order valence-corrected chi connectivity index (χ4v) is 5.43. The summed E-state index contributed by atoms with van der Waals surface area (Å²) in [7, 11) is 0. The molecule has 0 fully saturated rings. The van der Waals surface area contributed by atoms with Crippen LogP contribution in [0.1, 0.15) is 128 Å². The van der Waals surface area contributed by atoms with Crippen LogP contribution in [0.2, 0.25) is 0 Å². The highest BCUT2D eigenvalue weighted by Crippen LogP contribution is 2.22. The van der Waals surface area contributed by atoms with E-state index in [9.17, 15) is 24.0 Å². The van der Waals surface area contributed by atoms with Crippen molar-refractivity contribution in [1.82, 2.24) is 38.6 Å². The molecular weight excluding hydrogens is 836 g/mol. The van der Waals surface area contributed by atoms with Crippen LogP contribution in [0.15, 0.2) is 31.2 Å². The molecule has 0 aliphatic heterocycles. The van der Waals surface area contributed by atoms with Crippen LogP contribution in [0, 0.1) is 0 Å². The number of carbonyl (C=O) groups is 3. The molecule has 4 rings (SSSR count). The predicted octanol–water partition coefficient (Wildman–Crippen LogP) is 8.62. The van der Waals surface area contributed by atoms with Gasteiger partial charge in [0.25, 0.3) is 0 Å². The third-order valence-corrected chi connectivity index (χ3v) is 7.84. The molecule has 19 heteroatoms. The number of nitrogens with one attached hydrogen (secondary N) is 1. The molecule has 0 spiro atoms. The lowest BCUT2D eigenvalue weighted by atomic mass is 10.2. The normalized spacial score (nSPS) is 11.9. The number of H-pyrrole nitrogens is 1. The third-order valence-electron chi connectivity index (χ3n) is 7.08. The quantitative estimate of drug-likeness (QED) is 0.110. The molecule has 1 N–H and O–H groups in total. The molecule has 0 bridgehead atoms. The van der Waals surface area contributed by atoms with Crippen molar-refractivity contribution in [2.75, 3.05) is 0 Å². The van der Waals surface area contributed by atoms with Gasteiger partial charge in [0.1, 0.15) is 26.0 Å². The summed E-state index contributed by atoms with van der Waals surface area (Å²) in [6.07, 6.45) is 3.47. The molecule has 0 amide bonds. The van der Waals surface area contributed by atoms with Gasteiger partial charge in [-0.15, -0.1) is 0 Å². The Kier molecular flexibility index (Phi) is 16.2. The number of aromatic amines is 1. The molecule has 4 aromatic rings. The molecule has 4 aromatic heterocycles. The summed E-state index contributed by atoms with van der Waals surface area (Å²) in [6.45, 7) is 23.4. The minimum atomic E-state index is -1.06. The number of imidazole rings is 2. The lowest BCUT2D eigenvalue weighted by Crippen LogP contribution is -2.35. The Bertz CT molecular complexity index is 2000. The molecule has 54 heavy (non-hydrogen) atoms. The molecule has 0 saturated carbocycles. The van der Waals surface area contributed by atoms with Crippen molar-refractivity contribution < 1.29 is 33.3 Å². The van der Waals surface area contributed by atoms with Crippen LogP contribution in [0.3, 0.4) is 0 Å². The first-order chi connectivity index (χ1) is 24.9. The molecule has 0 aliphatic carbocycles. The van der Waals surface area contributed by atoms with E-state index in [1.807, 2.05) is 13.8 Å². The molecular formula is C35H52Br2N8O9. The van der Waals surface area contributed by atoms with Gasteiger partial charge in [0.05, 0.1) is 12.4 Å². The van der Waals surface area contributed by atoms with E-state index < -0.39 is 40.9 Å². The highest BCUT2D eigenvalue weighted by molar-refractivity contribution is 9.10. The summed E-state index contributed by atoms with van der Waals surface area (Å²) >= 11 is 6.53. The van der Waals surface area contributed by atoms with Crippen molar-refractivity contribution in [2.24, 2.45) is 0 Å². The topological polar surface area (TPSA) is 204 Å². The van der Waals surface area contributed by atoms with Crippen LogP contribution >= 0.6 is 31.9 Å². The largest absolute Gasteiger partial charge is 0.519 e. The molecule has 17 nitrogen and oxygen atoms in total. The fourth-order valence-electron chi connectivity index (χ4n) is 4.89. The minimum absolute atomic E-state index is 0.0581. The molecule has 0 aliphatic rings. The van der Waals surface area contributed by atoms with E-state index in [-0.39, 0.29) is 23.4 Å². The molecule has 0 radical (unpaired) electrons. The smallest absolute Gasteiger partial charge is 0.443 e. The summed E-state index contributed by atoms with van der Waals surface area (Å²) < 4.78 is 24.4. The van der Waals surface area contributed by atoms with Crippen LogP contribution in [0.4, 0.5) is 14.4 Å². The van der Waals surface area contributed by atoms with Gasteiger partial charge >= 0.3 is 29.8 Å². The van der Waals surface area contributed by atoms with Crippen molar-refractivity contribution in [3.63, 3.8) is 0 Å². The van der Waals surface area contributed by atoms with Crippen molar-refractivity contribution in [3.05, 3.63) is 42.6 Å². The highest BCUT2D eigenvalue weighted by Gasteiger charge is 2.28. The number of ether oxygens (including phenoxy) is 4. The first kappa shape index (κ1) is 46.0. The first-order valence-electron chi connectivity index (χ1n) is 17.5. The summed E-state index contributed by atoms with van der Waals surface area (Å²) in [4.78, 5) is 78.8. The average Bonchev–Trinajstić information content (AvgIpc) is 3.48. The lowest BCUT2D eigenvalue weighted by Gasteiger charge is -2.20. The summed E-state index contributed by atoms with van der Waals surface area (Å²) in [5.74, 6) is 0. The maximum Gasteiger partial charge on any atom is 0.519 e. The predicted molar refractivity (Wildman–Crippen MR) is 210 cm³/mol. The second-order valence-electron chi connectivity index (χ2n) is 14.9. The van der Waals surface area contributed by atoms with Crippen LogP contribution < -0.4 is 11.4 Å². The number of aromatic nitrogens is 8. The maximum absolute atomic E-state index is 12.8. The van der Waals surface area contributed by atoms with Gasteiger partial charge in [-0.1, -0.05) is 27.7 Å². The molecule has 4 heterocycles. The molecule has 300 valence electrons. The van der Waals surface area contributed by atoms with Crippen molar-refractivity contribution >= 4 is 72.9 Å². The summed E-state index contributed by atoms with van der Waals surface area (Å²) in [5.41, 5.74) is -0.958. The SMILES string of the molecule is CC(C)(C)OC(=O)OC(=O)OC(C)(C)C.CCC(CC)n1c(=O)[nH]c2ncc(Br)nc21.CCC(CC)n1c(=O)n(C(=O)OC(C)(C)C)c2ncc(Br)nc21. The number of halogens is 2. The number of hydrogen-bond donors (Lipinski definition) is 1. The minimum Gasteiger partial charge on any atom is -0.443 e. The number of rotatable bonds is 6. The van der Waals surface area contributed by atoms with Gasteiger partial charge in [-0.2, -0.15) is 4.57 Å². The van der Waals surface area contributed by atoms with Crippen molar-refractivity contribution in [3.8, 4) is 0 Å². The number of nitrogens with zero attached hydrogens (tertiary/aromatic N) is 7. The zero-order chi connectivity index (χ0) is 41.3. The van der Waals surface area contributed by atoms with Gasteiger partial charge < -0.3 is 18.9 Å². The average molecular weight is 889 g/mol. The summed E-state index contributed by atoms with van der Waals surface area (Å²) in [6, 6.07) is 0.113. The first-order valence-corrected chi connectivity index (χ1v) is 19.1. The van der Waals surface area contributed by atoms with Crippen LogP contribution in [0.25, 0.3) is 22.6 Å². The second kappa shape index (κ2) is 19.0. The van der Waals surface area contributed by atoms with E-state index in [1.165, 1.54) is 10.8 Å². The molecule has 0 atom stereocenters. The third kappa shape index (κ3) is 13.3. The molecule has 0 saturated heterocycles. The second-order valence-corrected chi connectivity index (χ2v) is 16.6. The van der Waals surface area contributed by atoms with Crippen LogP contribution in [0.5, 0.6) is 0 Å². The number of fused-ring (bicyclic) bond motifs is 2. The van der Waals surface area contributed by atoms with E-state index in [0.717, 1.165) is 30.3 Å². The van der Waals surface area contributed by atoms with Gasteiger partial charge in [-0.05, 0) is 120 Å². The van der Waals surface area contributed by atoms with E-state index in [4.69, 9.17) is 14.2 Å². The molecule has 0 unspecified atom stereocenters. The zero-order valence-corrected chi connectivity index (χ0v) is 36.4. The summed E-state index contributed by atoms with van der Waals surface area (Å²) in [5, 5.41) is 0. The lowest BCUT2D eigenvalue weighted by molar-refractivity contribution is -0.0294. The Balaban J connectivity index is 0.000000290. The van der Waals surface area contributed by atoms with Gasteiger partial charge in [0.2, 0.25) is 0 Å². The van der Waals surface area contributed by atoms with Gasteiger partial charge in [-0.3, -0.25) is 14.1 Å². The monoisotopic (exact) mass is 886 g/mol. The Morgan fingerprint density at radius 1 is 0.667 bits per heavy atom. The zero-order valence-electron chi connectivity index (χ0n) is 33.2. The van der Waals surface area contributed by atoms with E-state index in [2.05, 4.69) is 75.4 Å². The Morgan fingerprint density at radius 3 is 1.54 bits per heavy atom. The van der Waals surface area contributed by atoms with Crippen molar-refractivity contribution in [2.45, 2.75) is 145 Å². The van der Waals surface area contributed by atoms with Gasteiger partial charge in [0, 0.05) is 12.1 Å². The Labute approximate surface area is 330 Å².